The molecular formula is C27H25FN4O. The Morgan fingerprint density at radius 1 is 1.06 bits per heavy atom. The molecule has 2 heterocycles. The summed E-state index contributed by atoms with van der Waals surface area (Å²) in [6, 6.07) is 12.3. The number of fused-ring (bicyclic) bond motifs is 2. The quantitative estimate of drug-likeness (QED) is 0.574. The summed E-state index contributed by atoms with van der Waals surface area (Å²) in [7, 11) is 0. The van der Waals surface area contributed by atoms with Crippen LogP contribution in [0.4, 0.5) is 10.2 Å². The Morgan fingerprint density at radius 2 is 1.85 bits per heavy atom. The number of pyridine rings is 2. The van der Waals surface area contributed by atoms with E-state index >= 15 is 0 Å². The Morgan fingerprint density at radius 3 is 2.52 bits per heavy atom. The highest BCUT2D eigenvalue weighted by molar-refractivity contribution is 5.96. The van der Waals surface area contributed by atoms with Gasteiger partial charge in [-0.05, 0) is 104 Å². The van der Waals surface area contributed by atoms with Crippen LogP contribution >= 0.6 is 0 Å². The molecule has 1 amide bonds. The number of halogens is 1. The summed E-state index contributed by atoms with van der Waals surface area (Å²) in [6.45, 7) is 0. The minimum Gasteiger partial charge on any atom is -0.310 e. The van der Waals surface area contributed by atoms with Gasteiger partial charge in [0.2, 0.25) is 5.91 Å². The molecule has 1 N–H and O–H groups in total. The van der Waals surface area contributed by atoms with Crippen LogP contribution < -0.4 is 5.32 Å². The highest BCUT2D eigenvalue weighted by atomic mass is 19.1. The number of hydrogen-bond donors (Lipinski definition) is 1. The van der Waals surface area contributed by atoms with Crippen LogP contribution in [0.3, 0.4) is 0 Å². The zero-order chi connectivity index (χ0) is 22.6. The number of nitrogens with zero attached hydrogens (tertiary/aromatic N) is 3. The summed E-state index contributed by atoms with van der Waals surface area (Å²) in [5, 5.41) is 12.9. The van der Waals surface area contributed by atoms with E-state index in [4.69, 9.17) is 5.26 Å². The summed E-state index contributed by atoms with van der Waals surface area (Å²) in [5.74, 6) is 2.47. The third kappa shape index (κ3) is 3.47. The van der Waals surface area contributed by atoms with Crippen molar-refractivity contribution in [3.05, 3.63) is 65.7 Å². The van der Waals surface area contributed by atoms with Gasteiger partial charge in [-0.1, -0.05) is 0 Å². The summed E-state index contributed by atoms with van der Waals surface area (Å²) < 4.78 is 13.9. The molecule has 166 valence electrons. The third-order valence-electron chi connectivity index (χ3n) is 8.35. The predicted molar refractivity (Wildman–Crippen MR) is 123 cm³/mol. The number of nitriles is 1. The number of hydrogen-bond acceptors (Lipinski definition) is 4. The van der Waals surface area contributed by atoms with Gasteiger partial charge in [0.25, 0.3) is 0 Å². The Balaban J connectivity index is 1.15. The highest BCUT2D eigenvalue weighted by Gasteiger charge is 2.59. The Bertz CT molecular complexity index is 1260. The van der Waals surface area contributed by atoms with Gasteiger partial charge >= 0.3 is 0 Å². The van der Waals surface area contributed by atoms with Crippen LogP contribution in [0.15, 0.2) is 48.8 Å². The van der Waals surface area contributed by atoms with Crippen LogP contribution in [0.5, 0.6) is 0 Å². The maximum Gasteiger partial charge on any atom is 0.232 e. The first kappa shape index (κ1) is 20.3. The standard InChI is InChI=1S/C27H25FN4O/c28-21-2-3-24-23(13-21)22(5-8-30-24)19-9-17-11-20(12-18(17)10-19)27(6-7-27)26(33)32-25-4-1-16(14-29)15-31-25/h1-5,8,13,15,17-20H,6-7,9-12H2,(H,31,32,33)/t17-,18+,19-,20+. The molecule has 1 aromatic carbocycles. The molecule has 3 fully saturated rings. The van der Waals surface area contributed by atoms with Crippen molar-refractivity contribution in [1.29, 1.82) is 5.26 Å². The summed E-state index contributed by atoms with van der Waals surface area (Å²) in [4.78, 5) is 21.8. The Kier molecular flexibility index (Phi) is 4.69. The van der Waals surface area contributed by atoms with Crippen LogP contribution in [-0.2, 0) is 4.79 Å². The van der Waals surface area contributed by atoms with E-state index in [1.165, 1.54) is 17.8 Å². The van der Waals surface area contributed by atoms with E-state index in [9.17, 15) is 9.18 Å². The summed E-state index contributed by atoms with van der Waals surface area (Å²) >= 11 is 0. The average molecular weight is 441 g/mol. The van der Waals surface area contributed by atoms with Crippen LogP contribution in [0.1, 0.15) is 55.6 Å². The predicted octanol–water partition coefficient (Wildman–Crippen LogP) is 5.58. The molecule has 0 saturated heterocycles. The molecule has 3 aliphatic rings. The van der Waals surface area contributed by atoms with Crippen molar-refractivity contribution in [2.45, 2.75) is 44.4 Å². The zero-order valence-electron chi connectivity index (χ0n) is 18.3. The second-order valence-electron chi connectivity index (χ2n) is 10.1. The van der Waals surface area contributed by atoms with Crippen molar-refractivity contribution >= 4 is 22.6 Å². The molecule has 4 atom stereocenters. The van der Waals surface area contributed by atoms with Crippen LogP contribution in [-0.4, -0.2) is 15.9 Å². The molecule has 0 spiro atoms. The number of nitrogens with one attached hydrogen (secondary N) is 1. The van der Waals surface area contributed by atoms with Crippen molar-refractivity contribution in [2.24, 2.45) is 23.2 Å². The fourth-order valence-electron chi connectivity index (χ4n) is 6.55. The van der Waals surface area contributed by atoms with Crippen molar-refractivity contribution in [1.82, 2.24) is 9.97 Å². The molecule has 3 aliphatic carbocycles. The fraction of sp³-hybridized carbons (Fsp3) is 0.407. The van der Waals surface area contributed by atoms with Crippen molar-refractivity contribution in [2.75, 3.05) is 5.32 Å². The lowest BCUT2D eigenvalue weighted by Gasteiger charge is -2.24. The maximum absolute atomic E-state index is 13.9. The van der Waals surface area contributed by atoms with Crippen molar-refractivity contribution in [3.8, 4) is 6.07 Å². The Labute approximate surface area is 192 Å². The molecule has 0 aliphatic heterocycles. The fourth-order valence-corrected chi connectivity index (χ4v) is 6.55. The lowest BCUT2D eigenvalue weighted by Crippen LogP contribution is -2.30. The normalized spacial score (nSPS) is 27.2. The van der Waals surface area contributed by atoms with Gasteiger partial charge in [-0.25, -0.2) is 9.37 Å². The minimum absolute atomic E-state index is 0.0804. The minimum atomic E-state index is -0.262. The first-order valence-electron chi connectivity index (χ1n) is 11.8. The number of amides is 1. The molecule has 0 bridgehead atoms. The molecule has 0 unspecified atom stereocenters. The lowest BCUT2D eigenvalue weighted by atomic mass is 9.83. The Hall–Kier alpha value is -3.33. The number of carbonyl (C=O) groups excluding carboxylic acids is 1. The molecule has 6 heteroatoms. The molecule has 0 radical (unpaired) electrons. The second-order valence-corrected chi connectivity index (χ2v) is 10.1. The van der Waals surface area contributed by atoms with Crippen molar-refractivity contribution < 1.29 is 9.18 Å². The SMILES string of the molecule is N#Cc1ccc(NC(=O)C2([C@H]3C[C@H]4C[C@@H](c5ccnc6ccc(F)cc56)C[C@H]4C3)CC2)nc1. The summed E-state index contributed by atoms with van der Waals surface area (Å²) in [6.07, 6.45) is 9.60. The molecule has 6 rings (SSSR count). The van der Waals surface area contributed by atoms with Crippen LogP contribution in [0.25, 0.3) is 10.9 Å². The van der Waals surface area contributed by atoms with Gasteiger partial charge in [-0.3, -0.25) is 9.78 Å². The van der Waals surface area contributed by atoms with E-state index < -0.39 is 0 Å². The zero-order valence-corrected chi connectivity index (χ0v) is 18.3. The first-order chi connectivity index (χ1) is 16.1. The van der Waals surface area contributed by atoms with Gasteiger partial charge in [-0.2, -0.15) is 5.26 Å². The molecule has 33 heavy (non-hydrogen) atoms. The smallest absolute Gasteiger partial charge is 0.232 e. The lowest BCUT2D eigenvalue weighted by molar-refractivity contribution is -0.123. The number of aromatic nitrogens is 2. The van der Waals surface area contributed by atoms with E-state index in [1.54, 1.807) is 24.3 Å². The maximum atomic E-state index is 13.9. The number of carbonyl (C=O) groups is 1. The van der Waals surface area contributed by atoms with Gasteiger partial charge < -0.3 is 5.32 Å². The number of benzene rings is 1. The van der Waals surface area contributed by atoms with Gasteiger partial charge in [0, 0.05) is 17.8 Å². The van der Waals surface area contributed by atoms with Crippen LogP contribution in [0, 0.1) is 40.3 Å². The molecule has 5 nitrogen and oxygen atoms in total. The number of anilines is 1. The third-order valence-corrected chi connectivity index (χ3v) is 8.35. The van der Waals surface area contributed by atoms with Gasteiger partial charge in [0.1, 0.15) is 17.7 Å². The largest absolute Gasteiger partial charge is 0.310 e. The van der Waals surface area contributed by atoms with E-state index in [-0.39, 0.29) is 17.1 Å². The molecule has 3 aromatic rings. The van der Waals surface area contributed by atoms with Gasteiger partial charge in [0.15, 0.2) is 0 Å². The molecule has 2 aromatic heterocycles. The van der Waals surface area contributed by atoms with E-state index in [0.717, 1.165) is 49.4 Å². The van der Waals surface area contributed by atoms with Crippen molar-refractivity contribution in [3.63, 3.8) is 0 Å². The van der Waals surface area contributed by atoms with Gasteiger partial charge in [0.05, 0.1) is 16.5 Å². The second kappa shape index (κ2) is 7.62. The van der Waals surface area contributed by atoms with Crippen LogP contribution in [0.2, 0.25) is 0 Å². The molecule has 3 saturated carbocycles. The monoisotopic (exact) mass is 440 g/mol. The number of rotatable bonds is 4. The topological polar surface area (TPSA) is 78.7 Å². The van der Waals surface area contributed by atoms with Gasteiger partial charge in [-0.15, -0.1) is 0 Å². The molecular weight excluding hydrogens is 415 g/mol. The first-order valence-corrected chi connectivity index (χ1v) is 11.8. The van der Waals surface area contributed by atoms with E-state index in [1.807, 2.05) is 12.3 Å². The van der Waals surface area contributed by atoms with E-state index in [2.05, 4.69) is 21.4 Å². The average Bonchev–Trinajstić information content (AvgIpc) is 3.40. The highest BCUT2D eigenvalue weighted by Crippen LogP contribution is 2.63. The van der Waals surface area contributed by atoms with E-state index in [0.29, 0.717) is 35.1 Å². The summed E-state index contributed by atoms with van der Waals surface area (Å²) in [5.41, 5.74) is 2.30.